The first-order valence-corrected chi connectivity index (χ1v) is 6.22. The van der Waals surface area contributed by atoms with Gasteiger partial charge >= 0.3 is 0 Å². The molecule has 1 aromatic carbocycles. The van der Waals surface area contributed by atoms with E-state index in [-0.39, 0.29) is 5.91 Å². The third-order valence-electron chi connectivity index (χ3n) is 2.91. The molecular weight excluding hydrogens is 224 g/mol. The maximum absolute atomic E-state index is 11.8. The molecule has 0 saturated heterocycles. The maximum atomic E-state index is 11.8. The van der Waals surface area contributed by atoms with E-state index in [4.69, 9.17) is 0 Å². The van der Waals surface area contributed by atoms with Crippen molar-refractivity contribution >= 4 is 11.6 Å². The molecule has 0 radical (unpaired) electrons. The molecule has 0 spiro atoms. The van der Waals surface area contributed by atoms with E-state index in [1.54, 1.807) is 0 Å². The minimum Gasteiger partial charge on any atom is -0.354 e. The second-order valence-electron chi connectivity index (χ2n) is 4.39. The summed E-state index contributed by atoms with van der Waals surface area (Å²) < 4.78 is 2.08. The van der Waals surface area contributed by atoms with Crippen molar-refractivity contribution in [2.45, 2.75) is 26.3 Å². The van der Waals surface area contributed by atoms with Crippen LogP contribution in [-0.4, -0.2) is 10.5 Å². The zero-order valence-corrected chi connectivity index (χ0v) is 10.6. The number of hydrogen-bond acceptors (Lipinski definition) is 1. The average Bonchev–Trinajstić information content (AvgIpc) is 2.85. The van der Waals surface area contributed by atoms with Gasteiger partial charge in [-0.3, -0.25) is 4.79 Å². The molecule has 0 unspecified atom stereocenters. The van der Waals surface area contributed by atoms with Crippen molar-refractivity contribution in [3.63, 3.8) is 0 Å². The van der Waals surface area contributed by atoms with Crippen LogP contribution in [0.2, 0.25) is 0 Å². The Balaban J connectivity index is 1.77. The first-order valence-electron chi connectivity index (χ1n) is 6.22. The Bertz CT molecular complexity index is 503. The van der Waals surface area contributed by atoms with E-state index in [1.807, 2.05) is 55.7 Å². The molecule has 0 aliphatic rings. The Morgan fingerprint density at radius 3 is 2.61 bits per heavy atom. The van der Waals surface area contributed by atoms with Crippen LogP contribution in [0, 0.1) is 6.92 Å². The number of amides is 1. The summed E-state index contributed by atoms with van der Waals surface area (Å²) in [6, 6.07) is 11.8. The second-order valence-corrected chi connectivity index (χ2v) is 4.39. The Morgan fingerprint density at radius 1 is 1.17 bits per heavy atom. The van der Waals surface area contributed by atoms with Gasteiger partial charge in [0.1, 0.15) is 0 Å². The summed E-state index contributed by atoms with van der Waals surface area (Å²) in [6.45, 7) is 2.88. The first-order chi connectivity index (χ1) is 8.75. The van der Waals surface area contributed by atoms with Crippen LogP contribution in [0.4, 0.5) is 5.69 Å². The van der Waals surface area contributed by atoms with Gasteiger partial charge in [-0.2, -0.15) is 0 Å². The van der Waals surface area contributed by atoms with Gasteiger partial charge in [-0.25, -0.2) is 0 Å². The summed E-state index contributed by atoms with van der Waals surface area (Å²) in [4.78, 5) is 11.8. The number of hydrogen-bond donors (Lipinski definition) is 1. The summed E-state index contributed by atoms with van der Waals surface area (Å²) in [5.41, 5.74) is 2.00. The third-order valence-corrected chi connectivity index (χ3v) is 2.91. The van der Waals surface area contributed by atoms with Gasteiger partial charge in [0, 0.05) is 31.0 Å². The number of nitrogens with zero attached hydrogens (tertiary/aromatic N) is 1. The minimum absolute atomic E-state index is 0.0801. The number of rotatable bonds is 5. The van der Waals surface area contributed by atoms with Gasteiger partial charge in [0.2, 0.25) is 5.91 Å². The highest BCUT2D eigenvalue weighted by Crippen LogP contribution is 2.13. The summed E-state index contributed by atoms with van der Waals surface area (Å²) in [5, 5.41) is 2.94. The summed E-state index contributed by atoms with van der Waals surface area (Å²) in [6.07, 6.45) is 5.43. The van der Waals surface area contributed by atoms with Crippen molar-refractivity contribution in [1.82, 2.24) is 4.57 Å². The minimum atomic E-state index is 0.0801. The number of nitrogens with one attached hydrogen (secondary N) is 1. The van der Waals surface area contributed by atoms with Crippen molar-refractivity contribution < 1.29 is 4.79 Å². The van der Waals surface area contributed by atoms with Crippen molar-refractivity contribution in [3.05, 3.63) is 54.4 Å². The van der Waals surface area contributed by atoms with E-state index in [0.29, 0.717) is 6.42 Å². The van der Waals surface area contributed by atoms with Crippen molar-refractivity contribution in [3.8, 4) is 0 Å². The van der Waals surface area contributed by atoms with Crippen LogP contribution >= 0.6 is 0 Å². The molecule has 1 N–H and O–H groups in total. The quantitative estimate of drug-likeness (QED) is 0.858. The summed E-state index contributed by atoms with van der Waals surface area (Å²) in [5.74, 6) is 0.0801. The standard InChI is InChI=1S/C15H18N2O/c1-13-7-2-3-8-14(13)16-15(18)9-6-12-17-10-4-5-11-17/h2-5,7-8,10-11H,6,9,12H2,1H3,(H,16,18). The molecule has 1 amide bonds. The predicted molar refractivity (Wildman–Crippen MR) is 73.5 cm³/mol. The van der Waals surface area contributed by atoms with Gasteiger partial charge in [-0.15, -0.1) is 0 Å². The molecule has 18 heavy (non-hydrogen) atoms. The monoisotopic (exact) mass is 242 g/mol. The van der Waals surface area contributed by atoms with Gasteiger partial charge in [0.25, 0.3) is 0 Å². The van der Waals surface area contributed by atoms with Crippen LogP contribution < -0.4 is 5.32 Å². The molecular formula is C15H18N2O. The topological polar surface area (TPSA) is 34.0 Å². The summed E-state index contributed by atoms with van der Waals surface area (Å²) >= 11 is 0. The fourth-order valence-electron chi connectivity index (χ4n) is 1.87. The molecule has 1 heterocycles. The second kappa shape index (κ2) is 6.05. The van der Waals surface area contributed by atoms with E-state index in [9.17, 15) is 4.79 Å². The zero-order valence-electron chi connectivity index (χ0n) is 10.6. The van der Waals surface area contributed by atoms with Gasteiger partial charge in [-0.1, -0.05) is 18.2 Å². The molecule has 0 fully saturated rings. The highest BCUT2D eigenvalue weighted by molar-refractivity contribution is 5.91. The van der Waals surface area contributed by atoms with E-state index >= 15 is 0 Å². The summed E-state index contributed by atoms with van der Waals surface area (Å²) in [7, 11) is 0. The van der Waals surface area contributed by atoms with E-state index in [0.717, 1.165) is 24.2 Å². The van der Waals surface area contributed by atoms with Gasteiger partial charge in [-0.05, 0) is 37.1 Å². The van der Waals surface area contributed by atoms with E-state index in [2.05, 4.69) is 9.88 Å². The van der Waals surface area contributed by atoms with Crippen LogP contribution in [0.5, 0.6) is 0 Å². The van der Waals surface area contributed by atoms with Crippen molar-refractivity contribution in [1.29, 1.82) is 0 Å². The number of anilines is 1. The average molecular weight is 242 g/mol. The van der Waals surface area contributed by atoms with E-state index in [1.165, 1.54) is 0 Å². The van der Waals surface area contributed by atoms with Crippen molar-refractivity contribution in [2.75, 3.05) is 5.32 Å². The smallest absolute Gasteiger partial charge is 0.224 e. The number of benzene rings is 1. The molecule has 94 valence electrons. The van der Waals surface area contributed by atoms with Crippen LogP contribution in [-0.2, 0) is 11.3 Å². The third kappa shape index (κ3) is 3.48. The van der Waals surface area contributed by atoms with Gasteiger partial charge in [0.05, 0.1) is 0 Å². The lowest BCUT2D eigenvalue weighted by Gasteiger charge is -2.08. The Labute approximate surface area is 107 Å². The number of carbonyl (C=O) groups is 1. The molecule has 0 aliphatic carbocycles. The van der Waals surface area contributed by atoms with E-state index < -0.39 is 0 Å². The molecule has 1 aromatic heterocycles. The fourth-order valence-corrected chi connectivity index (χ4v) is 1.87. The lowest BCUT2D eigenvalue weighted by Crippen LogP contribution is -2.12. The highest BCUT2D eigenvalue weighted by atomic mass is 16.1. The Hall–Kier alpha value is -2.03. The largest absolute Gasteiger partial charge is 0.354 e. The van der Waals surface area contributed by atoms with Crippen LogP contribution in [0.3, 0.4) is 0 Å². The molecule has 0 atom stereocenters. The van der Waals surface area contributed by atoms with Crippen molar-refractivity contribution in [2.24, 2.45) is 0 Å². The Morgan fingerprint density at radius 2 is 1.89 bits per heavy atom. The molecule has 0 bridgehead atoms. The zero-order chi connectivity index (χ0) is 12.8. The Kier molecular flexibility index (Phi) is 4.18. The first kappa shape index (κ1) is 12.4. The number of carbonyl (C=O) groups excluding carboxylic acids is 1. The highest BCUT2D eigenvalue weighted by Gasteiger charge is 2.03. The molecule has 2 rings (SSSR count). The lowest BCUT2D eigenvalue weighted by molar-refractivity contribution is -0.116. The van der Waals surface area contributed by atoms with Crippen LogP contribution in [0.1, 0.15) is 18.4 Å². The van der Waals surface area contributed by atoms with Crippen LogP contribution in [0.25, 0.3) is 0 Å². The number of aromatic nitrogens is 1. The molecule has 3 nitrogen and oxygen atoms in total. The normalized spacial score (nSPS) is 10.3. The maximum Gasteiger partial charge on any atom is 0.224 e. The molecule has 3 heteroatoms. The van der Waals surface area contributed by atoms with Gasteiger partial charge in [0.15, 0.2) is 0 Å². The fraction of sp³-hybridized carbons (Fsp3) is 0.267. The molecule has 0 aliphatic heterocycles. The number of para-hydroxylation sites is 1. The molecule has 2 aromatic rings. The van der Waals surface area contributed by atoms with Gasteiger partial charge < -0.3 is 9.88 Å². The lowest BCUT2D eigenvalue weighted by atomic mass is 10.2. The SMILES string of the molecule is Cc1ccccc1NC(=O)CCCn1cccc1. The number of aryl methyl sites for hydroxylation is 2. The molecule has 0 saturated carbocycles. The van der Waals surface area contributed by atoms with Crippen LogP contribution in [0.15, 0.2) is 48.8 Å². The predicted octanol–water partition coefficient (Wildman–Crippen LogP) is 3.22.